The summed E-state index contributed by atoms with van der Waals surface area (Å²) >= 11 is 6.67. The molecule has 5 nitrogen and oxygen atoms in total. The van der Waals surface area contributed by atoms with Crippen molar-refractivity contribution < 1.29 is 22.9 Å². The molecule has 2 rings (SSSR count). The molecule has 0 aliphatic heterocycles. The highest BCUT2D eigenvalue weighted by atomic mass is 35.5. The highest BCUT2D eigenvalue weighted by molar-refractivity contribution is 7.07. The summed E-state index contributed by atoms with van der Waals surface area (Å²) in [5, 5.41) is 3.79. The van der Waals surface area contributed by atoms with E-state index in [2.05, 4.69) is 5.32 Å². The van der Waals surface area contributed by atoms with Gasteiger partial charge >= 0.3 is 11.0 Å². The van der Waals surface area contributed by atoms with Crippen molar-refractivity contribution in [1.29, 1.82) is 0 Å². The van der Waals surface area contributed by atoms with E-state index in [1.807, 2.05) is 6.92 Å². The number of benzene rings is 1. The number of anilines is 1. The molecule has 0 saturated heterocycles. The summed E-state index contributed by atoms with van der Waals surface area (Å²) in [4.78, 5) is 24.5. The lowest BCUT2D eigenvalue weighted by Gasteiger charge is -2.15. The van der Waals surface area contributed by atoms with Crippen LogP contribution >= 0.6 is 22.9 Å². The number of amides is 1. The van der Waals surface area contributed by atoms with Gasteiger partial charge in [-0.25, -0.2) is 0 Å². The number of alkyl halides is 3. The SMILES string of the molecule is Cc1csc(=O)n1CC[NH+](C)CC(=O)Nc1ccc(Cl)c(C(F)(F)F)c1. The number of hydrogen-bond donors (Lipinski definition) is 2. The third-order valence-corrected chi connectivity index (χ3v) is 4.97. The average molecular weight is 409 g/mol. The van der Waals surface area contributed by atoms with Crippen molar-refractivity contribution in [3.63, 3.8) is 0 Å². The van der Waals surface area contributed by atoms with Crippen molar-refractivity contribution in [2.75, 3.05) is 25.5 Å². The Morgan fingerprint density at radius 2 is 2.08 bits per heavy atom. The Hall–Kier alpha value is -1.84. The predicted molar refractivity (Wildman–Crippen MR) is 95.0 cm³/mol. The molecule has 1 aromatic carbocycles. The molecule has 0 aliphatic rings. The van der Waals surface area contributed by atoms with Gasteiger partial charge in [0.25, 0.3) is 5.91 Å². The first kappa shape index (κ1) is 20.5. The van der Waals surface area contributed by atoms with E-state index in [1.165, 1.54) is 6.07 Å². The van der Waals surface area contributed by atoms with Gasteiger partial charge in [0.2, 0.25) is 0 Å². The van der Waals surface area contributed by atoms with Gasteiger partial charge in [0.15, 0.2) is 6.54 Å². The average Bonchev–Trinajstić information content (AvgIpc) is 2.84. The van der Waals surface area contributed by atoms with E-state index in [4.69, 9.17) is 11.6 Å². The summed E-state index contributed by atoms with van der Waals surface area (Å²) in [6, 6.07) is 3.23. The van der Waals surface area contributed by atoms with Crippen LogP contribution in [-0.2, 0) is 17.5 Å². The minimum absolute atomic E-state index is 0.0319. The molecule has 1 heterocycles. The van der Waals surface area contributed by atoms with Crippen molar-refractivity contribution in [1.82, 2.24) is 4.57 Å². The maximum Gasteiger partial charge on any atom is 0.417 e. The summed E-state index contributed by atoms with van der Waals surface area (Å²) in [5.41, 5.74) is -0.104. The zero-order valence-electron chi connectivity index (χ0n) is 14.1. The van der Waals surface area contributed by atoms with E-state index < -0.39 is 22.7 Å². The molecule has 26 heavy (non-hydrogen) atoms. The summed E-state index contributed by atoms with van der Waals surface area (Å²) < 4.78 is 40.2. The van der Waals surface area contributed by atoms with Gasteiger partial charge in [-0.05, 0) is 25.1 Å². The van der Waals surface area contributed by atoms with E-state index >= 15 is 0 Å². The number of nitrogens with zero attached hydrogens (tertiary/aromatic N) is 1. The predicted octanol–water partition coefficient (Wildman–Crippen LogP) is 2.04. The van der Waals surface area contributed by atoms with Gasteiger partial charge in [0, 0.05) is 16.8 Å². The summed E-state index contributed by atoms with van der Waals surface area (Å²) in [5.74, 6) is -0.424. The first-order valence-corrected chi connectivity index (χ1v) is 8.96. The zero-order valence-corrected chi connectivity index (χ0v) is 15.7. The van der Waals surface area contributed by atoms with Crippen LogP contribution in [0.15, 0.2) is 28.4 Å². The van der Waals surface area contributed by atoms with Crippen LogP contribution in [0.5, 0.6) is 0 Å². The first-order chi connectivity index (χ1) is 12.1. The molecule has 1 aromatic heterocycles. The van der Waals surface area contributed by atoms with Crippen LogP contribution in [0.1, 0.15) is 11.3 Å². The number of likely N-dealkylation sites (N-methyl/N-ethyl adjacent to an activating group) is 1. The number of rotatable bonds is 6. The monoisotopic (exact) mass is 408 g/mol. The van der Waals surface area contributed by atoms with E-state index in [1.54, 1.807) is 17.0 Å². The molecular weight excluding hydrogens is 391 g/mol. The molecule has 0 aliphatic carbocycles. The largest absolute Gasteiger partial charge is 0.417 e. The van der Waals surface area contributed by atoms with Crippen molar-refractivity contribution in [3.05, 3.63) is 49.5 Å². The molecule has 0 saturated carbocycles. The fourth-order valence-corrected chi connectivity index (χ4v) is 3.35. The van der Waals surface area contributed by atoms with Crippen LogP contribution in [0.25, 0.3) is 0 Å². The highest BCUT2D eigenvalue weighted by Crippen LogP contribution is 2.36. The van der Waals surface area contributed by atoms with Gasteiger partial charge < -0.3 is 10.2 Å². The van der Waals surface area contributed by atoms with Gasteiger partial charge in [0.05, 0.1) is 30.7 Å². The third-order valence-electron chi connectivity index (χ3n) is 3.76. The lowest BCUT2D eigenvalue weighted by Crippen LogP contribution is -3.10. The molecule has 10 heteroatoms. The third kappa shape index (κ3) is 5.33. The summed E-state index contributed by atoms with van der Waals surface area (Å²) in [6.45, 7) is 2.88. The Morgan fingerprint density at radius 3 is 2.65 bits per heavy atom. The maximum absolute atomic E-state index is 12.8. The Morgan fingerprint density at radius 1 is 1.38 bits per heavy atom. The van der Waals surface area contributed by atoms with E-state index in [0.717, 1.165) is 34.1 Å². The van der Waals surface area contributed by atoms with E-state index in [9.17, 15) is 22.8 Å². The van der Waals surface area contributed by atoms with Crippen LogP contribution in [-0.4, -0.2) is 30.6 Å². The van der Waals surface area contributed by atoms with E-state index in [-0.39, 0.29) is 17.1 Å². The van der Waals surface area contributed by atoms with Crippen LogP contribution in [0, 0.1) is 6.92 Å². The standard InChI is InChI=1S/C16H17ClF3N3O2S/c1-10-9-26-15(25)23(10)6-5-22(2)8-14(24)21-11-3-4-13(17)12(7-11)16(18,19)20/h3-4,7,9H,5-6,8H2,1-2H3,(H,21,24)/p+1. The van der Waals surface area contributed by atoms with E-state index in [0.29, 0.717) is 13.1 Å². The Labute approximate surface area is 157 Å². The number of carbonyl (C=O) groups is 1. The second-order valence-corrected chi connectivity index (χ2v) is 7.15. The minimum atomic E-state index is -4.59. The fraction of sp³-hybridized carbons (Fsp3) is 0.375. The second kappa shape index (κ2) is 8.24. The summed E-state index contributed by atoms with van der Waals surface area (Å²) in [6.07, 6.45) is -4.59. The molecule has 0 bridgehead atoms. The van der Waals surface area contributed by atoms with Crippen molar-refractivity contribution in [2.24, 2.45) is 0 Å². The van der Waals surface area contributed by atoms with Gasteiger partial charge in [-0.15, -0.1) is 0 Å². The van der Waals surface area contributed by atoms with Crippen molar-refractivity contribution in [3.8, 4) is 0 Å². The minimum Gasteiger partial charge on any atom is -0.328 e. The van der Waals surface area contributed by atoms with Gasteiger partial charge in [-0.3, -0.25) is 14.2 Å². The van der Waals surface area contributed by atoms with Gasteiger partial charge in [0.1, 0.15) is 0 Å². The van der Waals surface area contributed by atoms with Gasteiger partial charge in [-0.1, -0.05) is 22.9 Å². The van der Waals surface area contributed by atoms with Crippen LogP contribution in [0.3, 0.4) is 0 Å². The molecule has 0 spiro atoms. The second-order valence-electron chi connectivity index (χ2n) is 5.92. The normalized spacial score (nSPS) is 12.8. The molecular formula is C16H18ClF3N3O2S+. The molecule has 2 N–H and O–H groups in total. The molecule has 1 atom stereocenters. The quantitative estimate of drug-likeness (QED) is 0.768. The molecule has 2 aromatic rings. The molecule has 142 valence electrons. The number of quaternary nitrogens is 1. The lowest BCUT2D eigenvalue weighted by atomic mass is 10.2. The lowest BCUT2D eigenvalue weighted by molar-refractivity contribution is -0.871. The van der Waals surface area contributed by atoms with Crippen molar-refractivity contribution >= 4 is 34.5 Å². The number of aryl methyl sites for hydroxylation is 1. The topological polar surface area (TPSA) is 55.5 Å². The number of aromatic nitrogens is 1. The fourth-order valence-electron chi connectivity index (χ4n) is 2.37. The number of hydrogen-bond acceptors (Lipinski definition) is 3. The number of nitrogens with one attached hydrogen (secondary N) is 2. The molecule has 1 unspecified atom stereocenters. The Bertz CT molecular complexity index is 848. The molecule has 0 fully saturated rings. The first-order valence-electron chi connectivity index (χ1n) is 7.70. The number of carbonyl (C=O) groups excluding carboxylic acids is 1. The smallest absolute Gasteiger partial charge is 0.328 e. The number of halogens is 4. The van der Waals surface area contributed by atoms with Crippen LogP contribution < -0.4 is 15.1 Å². The van der Waals surface area contributed by atoms with Crippen LogP contribution in [0.4, 0.5) is 18.9 Å². The Kier molecular flexibility index (Phi) is 6.48. The summed E-state index contributed by atoms with van der Waals surface area (Å²) in [7, 11) is 1.77. The van der Waals surface area contributed by atoms with Gasteiger partial charge in [-0.2, -0.15) is 13.2 Å². The van der Waals surface area contributed by atoms with Crippen LogP contribution in [0.2, 0.25) is 5.02 Å². The molecule has 0 radical (unpaired) electrons. The highest BCUT2D eigenvalue weighted by Gasteiger charge is 2.33. The molecule has 1 amide bonds. The zero-order chi connectivity index (χ0) is 19.5. The maximum atomic E-state index is 12.8. The Balaban J connectivity index is 1.93. The van der Waals surface area contributed by atoms with Crippen molar-refractivity contribution in [2.45, 2.75) is 19.6 Å². The number of thiazole rings is 1.